The van der Waals surface area contributed by atoms with Gasteiger partial charge < -0.3 is 0 Å². The monoisotopic (exact) mass is 323 g/mol. The molecule has 1 aliphatic heterocycles. The molecule has 7 heteroatoms. The summed E-state index contributed by atoms with van der Waals surface area (Å²) in [6.45, 7) is 2.70. The zero-order valence-electron chi connectivity index (χ0n) is 11.1. The Morgan fingerprint density at radius 2 is 1.90 bits per heavy atom. The molecule has 1 saturated heterocycles. The van der Waals surface area contributed by atoms with Crippen LogP contribution in [0.25, 0.3) is 0 Å². The van der Waals surface area contributed by atoms with Crippen LogP contribution in [0.4, 0.5) is 8.78 Å². The molecule has 3 nitrogen and oxygen atoms in total. The van der Waals surface area contributed by atoms with E-state index in [1.165, 1.54) is 4.31 Å². The number of piperidine rings is 1. The molecule has 0 unspecified atom stereocenters. The highest BCUT2D eigenvalue weighted by Gasteiger charge is 2.31. The van der Waals surface area contributed by atoms with Gasteiger partial charge in [0.2, 0.25) is 10.0 Å². The molecule has 0 aromatic heterocycles. The summed E-state index contributed by atoms with van der Waals surface area (Å²) < 4.78 is 53.3. The van der Waals surface area contributed by atoms with E-state index in [1.807, 2.05) is 6.92 Å². The number of sulfonamides is 1. The Bertz CT molecular complexity index is 599. The summed E-state index contributed by atoms with van der Waals surface area (Å²) in [7, 11) is -4.01. The molecule has 1 aromatic carbocycles. The molecule has 0 aliphatic carbocycles. The van der Waals surface area contributed by atoms with Crippen molar-refractivity contribution in [2.24, 2.45) is 5.92 Å². The Balaban J connectivity index is 2.41. The standard InChI is InChI=1S/C13H16ClF2NO2S/c1-9-2-4-17(5-3-9)20(18,19)12-7-10(8-14)6-11(15)13(12)16/h6-7,9H,2-5,8H2,1H3. The van der Waals surface area contributed by atoms with E-state index in [0.29, 0.717) is 19.0 Å². The minimum Gasteiger partial charge on any atom is -0.207 e. The third-order valence-corrected chi connectivity index (χ3v) is 5.78. The summed E-state index contributed by atoms with van der Waals surface area (Å²) in [5.74, 6) is -2.15. The van der Waals surface area contributed by atoms with Crippen LogP contribution < -0.4 is 0 Å². The Morgan fingerprint density at radius 3 is 2.45 bits per heavy atom. The molecule has 2 rings (SSSR count). The van der Waals surface area contributed by atoms with Gasteiger partial charge >= 0.3 is 0 Å². The maximum Gasteiger partial charge on any atom is 0.246 e. The Kier molecular flexibility index (Phi) is 4.66. The second kappa shape index (κ2) is 5.95. The lowest BCUT2D eigenvalue weighted by atomic mass is 10.0. The fraction of sp³-hybridized carbons (Fsp3) is 0.538. The quantitative estimate of drug-likeness (QED) is 0.801. The molecule has 1 heterocycles. The molecule has 0 saturated carbocycles. The number of hydrogen-bond donors (Lipinski definition) is 0. The van der Waals surface area contributed by atoms with E-state index < -0.39 is 26.6 Å². The lowest BCUT2D eigenvalue weighted by Gasteiger charge is -2.29. The smallest absolute Gasteiger partial charge is 0.207 e. The molecule has 0 radical (unpaired) electrons. The summed E-state index contributed by atoms with van der Waals surface area (Å²) >= 11 is 5.58. The van der Waals surface area contributed by atoms with Gasteiger partial charge in [-0.05, 0) is 36.5 Å². The average Bonchev–Trinajstić information content (AvgIpc) is 2.42. The largest absolute Gasteiger partial charge is 0.246 e. The van der Waals surface area contributed by atoms with E-state index in [2.05, 4.69) is 0 Å². The van der Waals surface area contributed by atoms with Crippen molar-refractivity contribution >= 4 is 21.6 Å². The lowest BCUT2D eigenvalue weighted by Crippen LogP contribution is -2.38. The predicted molar refractivity (Wildman–Crippen MR) is 73.1 cm³/mol. The van der Waals surface area contributed by atoms with Gasteiger partial charge in [-0.2, -0.15) is 4.31 Å². The van der Waals surface area contributed by atoms with E-state index in [-0.39, 0.29) is 11.4 Å². The zero-order valence-corrected chi connectivity index (χ0v) is 12.6. The molecule has 20 heavy (non-hydrogen) atoms. The number of benzene rings is 1. The number of hydrogen-bond acceptors (Lipinski definition) is 2. The van der Waals surface area contributed by atoms with Crippen molar-refractivity contribution in [3.8, 4) is 0 Å². The third-order valence-electron chi connectivity index (χ3n) is 3.57. The minimum absolute atomic E-state index is 0.0727. The van der Waals surface area contributed by atoms with Crippen molar-refractivity contribution in [1.82, 2.24) is 4.31 Å². The average molecular weight is 324 g/mol. The molecule has 1 aromatic rings. The van der Waals surface area contributed by atoms with Crippen LogP contribution in [-0.2, 0) is 15.9 Å². The Hall–Kier alpha value is -0.720. The van der Waals surface area contributed by atoms with Gasteiger partial charge in [-0.25, -0.2) is 17.2 Å². The first-order valence-electron chi connectivity index (χ1n) is 6.40. The van der Waals surface area contributed by atoms with Gasteiger partial charge in [-0.1, -0.05) is 6.92 Å². The van der Waals surface area contributed by atoms with Crippen LogP contribution in [0.15, 0.2) is 17.0 Å². The lowest BCUT2D eigenvalue weighted by molar-refractivity contribution is 0.287. The highest BCUT2D eigenvalue weighted by molar-refractivity contribution is 7.89. The van der Waals surface area contributed by atoms with Gasteiger partial charge in [0, 0.05) is 19.0 Å². The van der Waals surface area contributed by atoms with Gasteiger partial charge in [0.1, 0.15) is 4.90 Å². The van der Waals surface area contributed by atoms with Crippen LogP contribution in [0.5, 0.6) is 0 Å². The first-order chi connectivity index (χ1) is 9.36. The molecule has 1 fully saturated rings. The molecule has 0 amide bonds. The number of alkyl halides is 1. The second-order valence-corrected chi connectivity index (χ2v) is 7.28. The van der Waals surface area contributed by atoms with Crippen molar-refractivity contribution < 1.29 is 17.2 Å². The van der Waals surface area contributed by atoms with Crippen molar-refractivity contribution in [3.63, 3.8) is 0 Å². The van der Waals surface area contributed by atoms with E-state index in [1.54, 1.807) is 0 Å². The van der Waals surface area contributed by atoms with Crippen molar-refractivity contribution in [2.45, 2.75) is 30.5 Å². The van der Waals surface area contributed by atoms with Crippen molar-refractivity contribution in [1.29, 1.82) is 0 Å². The summed E-state index contributed by atoms with van der Waals surface area (Å²) in [4.78, 5) is -0.622. The fourth-order valence-corrected chi connectivity index (χ4v) is 3.99. The second-order valence-electron chi connectivity index (χ2n) is 5.11. The minimum atomic E-state index is -4.01. The van der Waals surface area contributed by atoms with E-state index >= 15 is 0 Å². The summed E-state index contributed by atoms with van der Waals surface area (Å²) in [6, 6.07) is 2.03. The van der Waals surface area contributed by atoms with E-state index in [0.717, 1.165) is 25.0 Å². The SMILES string of the molecule is CC1CCN(S(=O)(=O)c2cc(CCl)cc(F)c2F)CC1. The first kappa shape index (κ1) is 15.7. The Morgan fingerprint density at radius 1 is 1.30 bits per heavy atom. The molecule has 0 atom stereocenters. The highest BCUT2D eigenvalue weighted by Crippen LogP contribution is 2.27. The van der Waals surface area contributed by atoms with Gasteiger partial charge in [0.15, 0.2) is 11.6 Å². The van der Waals surface area contributed by atoms with Crippen molar-refractivity contribution in [3.05, 3.63) is 29.3 Å². The van der Waals surface area contributed by atoms with Gasteiger partial charge in [0.25, 0.3) is 0 Å². The molecule has 112 valence electrons. The number of nitrogens with zero attached hydrogens (tertiary/aromatic N) is 1. The number of rotatable bonds is 3. The van der Waals surface area contributed by atoms with Crippen LogP contribution in [0.1, 0.15) is 25.3 Å². The van der Waals surface area contributed by atoms with Gasteiger partial charge in [-0.15, -0.1) is 11.6 Å². The molecule has 0 spiro atoms. The maximum atomic E-state index is 13.8. The normalized spacial score (nSPS) is 18.4. The molecular formula is C13H16ClF2NO2S. The summed E-state index contributed by atoms with van der Waals surface area (Å²) in [5.41, 5.74) is 0.245. The highest BCUT2D eigenvalue weighted by atomic mass is 35.5. The Labute approximate surface area is 122 Å². The van der Waals surface area contributed by atoms with Crippen LogP contribution >= 0.6 is 11.6 Å². The maximum absolute atomic E-state index is 13.8. The van der Waals surface area contributed by atoms with E-state index in [4.69, 9.17) is 11.6 Å². The summed E-state index contributed by atoms with van der Waals surface area (Å²) in [6.07, 6.45) is 1.44. The van der Waals surface area contributed by atoms with Crippen molar-refractivity contribution in [2.75, 3.05) is 13.1 Å². The van der Waals surface area contributed by atoms with Gasteiger partial charge in [-0.3, -0.25) is 0 Å². The summed E-state index contributed by atoms with van der Waals surface area (Å²) in [5, 5.41) is 0. The predicted octanol–water partition coefficient (Wildman–Crippen LogP) is 3.12. The fourth-order valence-electron chi connectivity index (χ4n) is 2.25. The molecular weight excluding hydrogens is 308 g/mol. The first-order valence-corrected chi connectivity index (χ1v) is 8.37. The zero-order chi connectivity index (χ0) is 14.9. The third kappa shape index (κ3) is 2.97. The number of halogens is 3. The van der Waals surface area contributed by atoms with Crippen LogP contribution in [-0.4, -0.2) is 25.8 Å². The topological polar surface area (TPSA) is 37.4 Å². The van der Waals surface area contributed by atoms with Crippen LogP contribution in [0.3, 0.4) is 0 Å². The molecule has 0 bridgehead atoms. The van der Waals surface area contributed by atoms with Crippen LogP contribution in [0, 0.1) is 17.6 Å². The van der Waals surface area contributed by atoms with Gasteiger partial charge in [0.05, 0.1) is 0 Å². The molecule has 0 N–H and O–H groups in total. The molecule has 1 aliphatic rings. The van der Waals surface area contributed by atoms with Crippen LogP contribution in [0.2, 0.25) is 0 Å². The van der Waals surface area contributed by atoms with E-state index in [9.17, 15) is 17.2 Å².